The summed E-state index contributed by atoms with van der Waals surface area (Å²) in [5.41, 5.74) is 9.86. The Morgan fingerprint density at radius 1 is 1.57 bits per heavy atom. The summed E-state index contributed by atoms with van der Waals surface area (Å²) in [4.78, 5) is 10.9. The number of carbonyl (C=O) groups excluding carboxylic acids is 1. The Labute approximate surface area is 89.4 Å². The maximum Gasteiger partial charge on any atom is 0.237 e. The molecule has 1 amide bonds. The lowest BCUT2D eigenvalue weighted by Gasteiger charge is -2.21. The number of hydrogen-bond acceptors (Lipinski definition) is 4. The average Bonchev–Trinajstić information content (AvgIpc) is 2.03. The van der Waals surface area contributed by atoms with E-state index in [2.05, 4.69) is 0 Å². The van der Waals surface area contributed by atoms with Gasteiger partial charge in [0, 0.05) is 5.25 Å². The minimum absolute atomic E-state index is 0.152. The minimum atomic E-state index is -0.939. The van der Waals surface area contributed by atoms with E-state index in [1.165, 1.54) is 0 Å². The molecular weight excluding hydrogens is 200 g/mol. The second kappa shape index (κ2) is 5.58. The van der Waals surface area contributed by atoms with Crippen LogP contribution in [0.25, 0.3) is 0 Å². The van der Waals surface area contributed by atoms with Gasteiger partial charge in [-0.25, -0.2) is 0 Å². The van der Waals surface area contributed by atoms with E-state index in [9.17, 15) is 9.90 Å². The van der Waals surface area contributed by atoms with Crippen LogP contribution in [0.2, 0.25) is 0 Å². The summed E-state index contributed by atoms with van der Waals surface area (Å²) in [7, 11) is 0. The predicted molar refractivity (Wildman–Crippen MR) is 60.0 cm³/mol. The molecule has 0 aromatic rings. The van der Waals surface area contributed by atoms with Gasteiger partial charge in [0.1, 0.15) is 0 Å². The van der Waals surface area contributed by atoms with E-state index in [1.807, 2.05) is 6.92 Å². The van der Waals surface area contributed by atoms with Gasteiger partial charge >= 0.3 is 0 Å². The zero-order valence-electron chi connectivity index (χ0n) is 8.99. The van der Waals surface area contributed by atoms with Crippen molar-refractivity contribution >= 4 is 17.7 Å². The van der Waals surface area contributed by atoms with Crippen molar-refractivity contribution in [3.8, 4) is 0 Å². The molecular formula is C9H20N2O2S. The molecule has 0 fully saturated rings. The number of primary amides is 1. The molecule has 0 bridgehead atoms. The highest BCUT2D eigenvalue weighted by atomic mass is 32.2. The number of amides is 1. The fraction of sp³-hybridized carbons (Fsp3) is 0.889. The van der Waals surface area contributed by atoms with Crippen molar-refractivity contribution in [3.05, 3.63) is 0 Å². The zero-order chi connectivity index (χ0) is 11.4. The Balaban J connectivity index is 3.79. The number of hydrogen-bond donors (Lipinski definition) is 3. The van der Waals surface area contributed by atoms with Crippen molar-refractivity contribution in [2.24, 2.45) is 11.5 Å². The van der Waals surface area contributed by atoms with Crippen molar-refractivity contribution in [2.45, 2.75) is 44.1 Å². The van der Waals surface area contributed by atoms with E-state index in [4.69, 9.17) is 11.5 Å². The van der Waals surface area contributed by atoms with Crippen LogP contribution < -0.4 is 11.5 Å². The smallest absolute Gasteiger partial charge is 0.237 e. The number of aliphatic hydroxyl groups excluding tert-OH is 1. The molecule has 0 aliphatic heterocycles. The van der Waals surface area contributed by atoms with Gasteiger partial charge in [0.25, 0.3) is 0 Å². The summed E-state index contributed by atoms with van der Waals surface area (Å²) in [5.74, 6) is 0.241. The van der Waals surface area contributed by atoms with Gasteiger partial charge < -0.3 is 16.6 Å². The van der Waals surface area contributed by atoms with E-state index < -0.39 is 11.4 Å². The van der Waals surface area contributed by atoms with Crippen LogP contribution in [0.5, 0.6) is 0 Å². The van der Waals surface area contributed by atoms with Gasteiger partial charge in [-0.05, 0) is 26.0 Å². The molecule has 3 atom stereocenters. The molecule has 0 aromatic carbocycles. The van der Waals surface area contributed by atoms with Crippen molar-refractivity contribution in [2.75, 3.05) is 5.75 Å². The fourth-order valence-electron chi connectivity index (χ4n) is 0.719. The normalized spacial score (nSPS) is 19.8. The Morgan fingerprint density at radius 2 is 2.07 bits per heavy atom. The quantitative estimate of drug-likeness (QED) is 0.591. The molecule has 3 unspecified atom stereocenters. The van der Waals surface area contributed by atoms with Crippen LogP contribution in [-0.4, -0.2) is 33.7 Å². The summed E-state index contributed by atoms with van der Waals surface area (Å²) in [5, 5.41) is 9.37. The first-order valence-electron chi connectivity index (χ1n) is 4.66. The van der Waals surface area contributed by atoms with E-state index in [-0.39, 0.29) is 11.4 Å². The van der Waals surface area contributed by atoms with Gasteiger partial charge in [0.2, 0.25) is 5.91 Å². The average molecular weight is 220 g/mol. The molecule has 0 aromatic heterocycles. The van der Waals surface area contributed by atoms with E-state index >= 15 is 0 Å². The fourth-order valence-corrected chi connectivity index (χ4v) is 1.91. The molecule has 0 rings (SSSR count). The monoisotopic (exact) mass is 220 g/mol. The number of nitrogens with two attached hydrogens (primary N) is 2. The van der Waals surface area contributed by atoms with Gasteiger partial charge in [0.05, 0.1) is 11.6 Å². The summed E-state index contributed by atoms with van der Waals surface area (Å²) in [6.45, 7) is 5.31. The maximum absolute atomic E-state index is 10.9. The molecule has 0 saturated heterocycles. The molecule has 4 nitrogen and oxygen atoms in total. The zero-order valence-corrected chi connectivity index (χ0v) is 9.80. The molecule has 0 heterocycles. The third-order valence-electron chi connectivity index (χ3n) is 2.24. The highest BCUT2D eigenvalue weighted by Crippen LogP contribution is 2.18. The van der Waals surface area contributed by atoms with Crippen LogP contribution in [0.4, 0.5) is 0 Å². The first-order valence-corrected chi connectivity index (χ1v) is 5.70. The molecule has 0 aliphatic carbocycles. The standard InChI is InChI=1S/C9H20N2O2S/c1-6(12)7(2)14-5-4-9(3,11)8(10)13/h6-7,12H,4-5,11H2,1-3H3,(H2,10,13). The SMILES string of the molecule is CC(O)C(C)SCCC(C)(N)C(N)=O. The molecule has 84 valence electrons. The highest BCUT2D eigenvalue weighted by molar-refractivity contribution is 7.99. The number of carbonyl (C=O) groups is 1. The van der Waals surface area contributed by atoms with Gasteiger partial charge in [-0.2, -0.15) is 11.8 Å². The van der Waals surface area contributed by atoms with Crippen LogP contribution in [0, 0.1) is 0 Å². The Kier molecular flexibility index (Phi) is 5.48. The first kappa shape index (κ1) is 13.7. The largest absolute Gasteiger partial charge is 0.392 e. The lowest BCUT2D eigenvalue weighted by Crippen LogP contribution is -2.49. The highest BCUT2D eigenvalue weighted by Gasteiger charge is 2.25. The van der Waals surface area contributed by atoms with E-state index in [0.717, 1.165) is 5.75 Å². The lowest BCUT2D eigenvalue weighted by atomic mass is 10.0. The van der Waals surface area contributed by atoms with Gasteiger partial charge in [0.15, 0.2) is 0 Å². The number of thioether (sulfide) groups is 1. The summed E-state index contributed by atoms with van der Waals surface area (Å²) >= 11 is 1.59. The molecule has 5 N–H and O–H groups in total. The van der Waals surface area contributed by atoms with Crippen LogP contribution >= 0.6 is 11.8 Å². The minimum Gasteiger partial charge on any atom is -0.392 e. The molecule has 0 aliphatic rings. The summed E-state index contributed by atoms with van der Waals surface area (Å²) < 4.78 is 0. The molecule has 0 radical (unpaired) electrons. The van der Waals surface area contributed by atoms with Crippen molar-refractivity contribution in [1.82, 2.24) is 0 Å². The van der Waals surface area contributed by atoms with Crippen LogP contribution in [0.1, 0.15) is 27.2 Å². The first-order chi connectivity index (χ1) is 6.27. The third kappa shape index (κ3) is 4.83. The van der Waals surface area contributed by atoms with Crippen molar-refractivity contribution in [1.29, 1.82) is 0 Å². The molecule has 14 heavy (non-hydrogen) atoms. The molecule has 5 heteroatoms. The van der Waals surface area contributed by atoms with Gasteiger partial charge in [-0.3, -0.25) is 4.79 Å². The van der Waals surface area contributed by atoms with Crippen LogP contribution in [0.15, 0.2) is 0 Å². The molecule has 0 spiro atoms. The van der Waals surface area contributed by atoms with Crippen LogP contribution in [-0.2, 0) is 4.79 Å². The molecule has 0 saturated carbocycles. The third-order valence-corrected chi connectivity index (χ3v) is 3.60. The van der Waals surface area contributed by atoms with Crippen molar-refractivity contribution < 1.29 is 9.90 Å². The number of rotatable bonds is 6. The maximum atomic E-state index is 10.9. The van der Waals surface area contributed by atoms with Gasteiger partial charge in [-0.15, -0.1) is 0 Å². The second-order valence-corrected chi connectivity index (χ2v) is 5.33. The lowest BCUT2D eigenvalue weighted by molar-refractivity contribution is -0.122. The van der Waals surface area contributed by atoms with E-state index in [1.54, 1.807) is 25.6 Å². The number of aliphatic hydroxyl groups is 1. The van der Waals surface area contributed by atoms with Gasteiger partial charge in [-0.1, -0.05) is 6.92 Å². The van der Waals surface area contributed by atoms with Crippen LogP contribution in [0.3, 0.4) is 0 Å². The topological polar surface area (TPSA) is 89.3 Å². The predicted octanol–water partition coefficient (Wildman–Crippen LogP) is 0.0817. The second-order valence-electron chi connectivity index (χ2n) is 3.85. The Morgan fingerprint density at radius 3 is 2.43 bits per heavy atom. The summed E-state index contributed by atoms with van der Waals surface area (Å²) in [6.07, 6.45) is 0.182. The Bertz CT molecular complexity index is 195. The van der Waals surface area contributed by atoms with E-state index in [0.29, 0.717) is 6.42 Å². The Hall–Kier alpha value is -0.260. The van der Waals surface area contributed by atoms with Crippen molar-refractivity contribution in [3.63, 3.8) is 0 Å². The summed E-state index contributed by atoms with van der Waals surface area (Å²) in [6, 6.07) is 0.